The third kappa shape index (κ3) is 4.07. The zero-order valence-corrected chi connectivity index (χ0v) is 11.9. The molecule has 0 radical (unpaired) electrons. The largest absolute Gasteiger partial charge is 0.294 e. The first kappa shape index (κ1) is 14.6. The highest BCUT2D eigenvalue weighted by atomic mass is 35.5. The standard InChI is InChI=1S/C11H14Cl2N2OS/c1-11(2,10(16)15-14)6-17-9-5-7(12)3-4-8(9)13/h3-5H,6,14H2,1-2H3,(H,15,16). The predicted octanol–water partition coefficient (Wildman–Crippen LogP) is 3.10. The average Bonchev–Trinajstić information content (AvgIpc) is 2.29. The van der Waals surface area contributed by atoms with E-state index in [0.717, 1.165) is 4.90 Å². The van der Waals surface area contributed by atoms with E-state index >= 15 is 0 Å². The van der Waals surface area contributed by atoms with E-state index in [-0.39, 0.29) is 5.91 Å². The van der Waals surface area contributed by atoms with Crippen LogP contribution in [0.3, 0.4) is 0 Å². The van der Waals surface area contributed by atoms with Crippen LogP contribution in [0, 0.1) is 5.41 Å². The summed E-state index contributed by atoms with van der Waals surface area (Å²) in [5, 5.41) is 1.25. The van der Waals surface area contributed by atoms with E-state index in [0.29, 0.717) is 15.8 Å². The van der Waals surface area contributed by atoms with Crippen molar-refractivity contribution < 1.29 is 4.79 Å². The Labute approximate surface area is 115 Å². The Hall–Kier alpha value is -0.420. The van der Waals surface area contributed by atoms with Gasteiger partial charge in [-0.25, -0.2) is 5.84 Å². The maximum absolute atomic E-state index is 11.5. The number of thioether (sulfide) groups is 1. The fraction of sp³-hybridized carbons (Fsp3) is 0.364. The number of hydrogen-bond donors (Lipinski definition) is 2. The van der Waals surface area contributed by atoms with Gasteiger partial charge in [0.05, 0.1) is 10.4 Å². The highest BCUT2D eigenvalue weighted by molar-refractivity contribution is 7.99. The van der Waals surface area contributed by atoms with Crippen molar-refractivity contribution in [2.24, 2.45) is 11.3 Å². The van der Waals surface area contributed by atoms with Gasteiger partial charge in [0.15, 0.2) is 0 Å². The van der Waals surface area contributed by atoms with Gasteiger partial charge in [-0.1, -0.05) is 37.0 Å². The van der Waals surface area contributed by atoms with Gasteiger partial charge in [-0.05, 0) is 18.2 Å². The van der Waals surface area contributed by atoms with Crippen molar-refractivity contribution in [2.75, 3.05) is 5.75 Å². The number of halogens is 2. The van der Waals surface area contributed by atoms with E-state index in [9.17, 15) is 4.79 Å². The Morgan fingerprint density at radius 2 is 2.12 bits per heavy atom. The predicted molar refractivity (Wildman–Crippen MR) is 73.3 cm³/mol. The van der Waals surface area contributed by atoms with Crippen LogP contribution in [0.15, 0.2) is 23.1 Å². The maximum Gasteiger partial charge on any atom is 0.240 e. The summed E-state index contributed by atoms with van der Waals surface area (Å²) in [5.74, 6) is 5.49. The summed E-state index contributed by atoms with van der Waals surface area (Å²) in [6, 6.07) is 5.25. The molecule has 0 saturated carbocycles. The molecule has 94 valence electrons. The van der Waals surface area contributed by atoms with Crippen LogP contribution in [0.5, 0.6) is 0 Å². The molecule has 0 unspecified atom stereocenters. The second-order valence-electron chi connectivity index (χ2n) is 4.22. The number of carbonyl (C=O) groups is 1. The molecule has 3 N–H and O–H groups in total. The molecule has 1 aromatic rings. The minimum absolute atomic E-state index is 0.205. The van der Waals surface area contributed by atoms with E-state index in [4.69, 9.17) is 29.0 Å². The van der Waals surface area contributed by atoms with Gasteiger partial charge >= 0.3 is 0 Å². The number of hydrogen-bond acceptors (Lipinski definition) is 3. The lowest BCUT2D eigenvalue weighted by Gasteiger charge is -2.21. The van der Waals surface area contributed by atoms with Gasteiger partial charge in [-0.2, -0.15) is 0 Å². The first-order valence-electron chi connectivity index (χ1n) is 4.96. The van der Waals surface area contributed by atoms with Gasteiger partial charge in [0.25, 0.3) is 0 Å². The summed E-state index contributed by atoms with van der Waals surface area (Å²) < 4.78 is 0. The maximum atomic E-state index is 11.5. The number of nitrogens with two attached hydrogens (primary N) is 1. The molecule has 0 aliphatic carbocycles. The number of rotatable bonds is 4. The highest BCUT2D eigenvalue weighted by Gasteiger charge is 2.27. The molecular formula is C11H14Cl2N2OS. The summed E-state index contributed by atoms with van der Waals surface area (Å²) in [6.45, 7) is 3.64. The van der Waals surface area contributed by atoms with Gasteiger partial charge in [0.2, 0.25) is 5.91 Å². The van der Waals surface area contributed by atoms with Crippen molar-refractivity contribution in [2.45, 2.75) is 18.7 Å². The van der Waals surface area contributed by atoms with E-state index in [2.05, 4.69) is 5.43 Å². The number of amides is 1. The van der Waals surface area contributed by atoms with E-state index in [1.54, 1.807) is 18.2 Å². The first-order chi connectivity index (χ1) is 7.86. The van der Waals surface area contributed by atoms with Crippen molar-refractivity contribution in [1.82, 2.24) is 5.43 Å². The molecule has 0 bridgehead atoms. The van der Waals surface area contributed by atoms with Crippen molar-refractivity contribution in [3.05, 3.63) is 28.2 Å². The molecule has 1 amide bonds. The second kappa shape index (κ2) is 5.96. The first-order valence-corrected chi connectivity index (χ1v) is 6.70. The quantitative estimate of drug-likeness (QED) is 0.388. The lowest BCUT2D eigenvalue weighted by molar-refractivity contribution is -0.128. The van der Waals surface area contributed by atoms with Crippen LogP contribution < -0.4 is 11.3 Å². The Balaban J connectivity index is 2.73. The number of nitrogens with one attached hydrogen (secondary N) is 1. The lowest BCUT2D eigenvalue weighted by Crippen LogP contribution is -2.42. The van der Waals surface area contributed by atoms with E-state index < -0.39 is 5.41 Å². The summed E-state index contributed by atoms with van der Waals surface area (Å²) >= 11 is 13.4. The molecular weight excluding hydrogens is 279 g/mol. The molecule has 0 heterocycles. The second-order valence-corrected chi connectivity index (χ2v) is 6.08. The summed E-state index contributed by atoms with van der Waals surface area (Å²) in [4.78, 5) is 12.4. The third-order valence-corrected chi connectivity index (χ3v) is 4.42. The van der Waals surface area contributed by atoms with Crippen LogP contribution in [-0.2, 0) is 4.79 Å². The number of benzene rings is 1. The molecule has 0 atom stereocenters. The summed E-state index contributed by atoms with van der Waals surface area (Å²) in [7, 11) is 0. The van der Waals surface area contributed by atoms with Gasteiger partial charge in [0, 0.05) is 15.7 Å². The van der Waals surface area contributed by atoms with Gasteiger partial charge in [-0.15, -0.1) is 11.8 Å². The van der Waals surface area contributed by atoms with Crippen molar-refractivity contribution >= 4 is 40.9 Å². The highest BCUT2D eigenvalue weighted by Crippen LogP contribution is 2.34. The van der Waals surface area contributed by atoms with Gasteiger partial charge < -0.3 is 0 Å². The Bertz CT molecular complexity index is 424. The number of carbonyl (C=O) groups excluding carboxylic acids is 1. The fourth-order valence-corrected chi connectivity index (χ4v) is 2.69. The normalized spacial score (nSPS) is 11.4. The monoisotopic (exact) mass is 292 g/mol. The molecule has 0 aliphatic heterocycles. The molecule has 6 heteroatoms. The van der Waals surface area contributed by atoms with Crippen molar-refractivity contribution in [3.63, 3.8) is 0 Å². The van der Waals surface area contributed by atoms with Crippen LogP contribution in [0.4, 0.5) is 0 Å². The van der Waals surface area contributed by atoms with Crippen LogP contribution in [0.2, 0.25) is 10.0 Å². The van der Waals surface area contributed by atoms with Crippen LogP contribution in [0.1, 0.15) is 13.8 Å². The van der Waals surface area contributed by atoms with Crippen LogP contribution in [-0.4, -0.2) is 11.7 Å². The van der Waals surface area contributed by atoms with Crippen molar-refractivity contribution in [1.29, 1.82) is 0 Å². The smallest absolute Gasteiger partial charge is 0.240 e. The molecule has 0 saturated heterocycles. The molecule has 0 fully saturated rings. The molecule has 1 rings (SSSR count). The van der Waals surface area contributed by atoms with Crippen LogP contribution >= 0.6 is 35.0 Å². The molecule has 3 nitrogen and oxygen atoms in total. The fourth-order valence-electron chi connectivity index (χ4n) is 1.11. The minimum Gasteiger partial charge on any atom is -0.294 e. The molecule has 17 heavy (non-hydrogen) atoms. The number of hydrazine groups is 1. The Kier molecular flexibility index (Phi) is 5.13. The minimum atomic E-state index is -0.564. The summed E-state index contributed by atoms with van der Waals surface area (Å²) in [6.07, 6.45) is 0. The third-order valence-electron chi connectivity index (χ3n) is 2.23. The Morgan fingerprint density at radius 1 is 1.47 bits per heavy atom. The van der Waals surface area contributed by atoms with E-state index in [1.807, 2.05) is 13.8 Å². The SMILES string of the molecule is CC(C)(CSc1cc(Cl)ccc1Cl)C(=O)NN. The van der Waals surface area contributed by atoms with E-state index in [1.165, 1.54) is 11.8 Å². The average molecular weight is 293 g/mol. The zero-order valence-electron chi connectivity index (χ0n) is 9.59. The summed E-state index contributed by atoms with van der Waals surface area (Å²) in [5.41, 5.74) is 1.59. The van der Waals surface area contributed by atoms with Gasteiger partial charge in [0.1, 0.15) is 0 Å². The topological polar surface area (TPSA) is 55.1 Å². The molecule has 0 aromatic heterocycles. The van der Waals surface area contributed by atoms with Crippen LogP contribution in [0.25, 0.3) is 0 Å². The lowest BCUT2D eigenvalue weighted by atomic mass is 9.96. The molecule has 1 aromatic carbocycles. The molecule has 0 spiro atoms. The Morgan fingerprint density at radius 3 is 2.71 bits per heavy atom. The molecule has 0 aliphatic rings. The van der Waals surface area contributed by atoms with Gasteiger partial charge in [-0.3, -0.25) is 10.2 Å². The van der Waals surface area contributed by atoms with Crippen molar-refractivity contribution in [3.8, 4) is 0 Å². The zero-order chi connectivity index (χ0) is 13.1.